The first-order valence-corrected chi connectivity index (χ1v) is 6.77. The summed E-state index contributed by atoms with van der Waals surface area (Å²) in [5.41, 5.74) is -0.0650. The number of nitrogens with one attached hydrogen (secondary N) is 1. The van der Waals surface area contributed by atoms with Crippen LogP contribution in [0, 0.1) is 0 Å². The molecule has 2 nitrogen and oxygen atoms in total. The lowest BCUT2D eigenvalue weighted by Crippen LogP contribution is -2.37. The maximum atomic E-state index is 13.6. The van der Waals surface area contributed by atoms with Crippen LogP contribution in [0.4, 0.5) is 8.78 Å². The van der Waals surface area contributed by atoms with E-state index in [0.717, 1.165) is 13.3 Å². The van der Waals surface area contributed by atoms with Gasteiger partial charge in [-0.15, -0.1) is 0 Å². The molecule has 0 aliphatic heterocycles. The zero-order valence-electron chi connectivity index (χ0n) is 12.5. The van der Waals surface area contributed by atoms with Gasteiger partial charge >= 0.3 is 0 Å². The molecule has 1 atom stereocenters. The van der Waals surface area contributed by atoms with Crippen LogP contribution in [0.2, 0.25) is 0 Å². The third-order valence-electron chi connectivity index (χ3n) is 3.16. The van der Waals surface area contributed by atoms with E-state index in [0.29, 0.717) is 16.3 Å². The van der Waals surface area contributed by atoms with Crippen molar-refractivity contribution in [3.63, 3.8) is 0 Å². The first-order chi connectivity index (χ1) is 9.31. The minimum Gasteiger partial charge on any atom is -0.367 e. The molecule has 0 aromatic heterocycles. The standard InChI is InChI=1S/C16H22F2N2/c1-6-11(3)20-15(19-7-2)13-9-8-10-14(12(13)4)16(5,17)18/h7-11,20H,4,6H2,1-3,5H3/b15-13+,19-7?. The lowest BCUT2D eigenvalue weighted by Gasteiger charge is -2.15. The number of alkyl halides is 2. The Bertz CT molecular complexity index is 585. The predicted octanol–water partition coefficient (Wildman–Crippen LogP) is 2.75. The van der Waals surface area contributed by atoms with Gasteiger partial charge in [-0.05, 0) is 25.5 Å². The second-order valence-corrected chi connectivity index (χ2v) is 4.91. The summed E-state index contributed by atoms with van der Waals surface area (Å²) in [5.74, 6) is -2.33. The highest BCUT2D eigenvalue weighted by Gasteiger charge is 2.25. The number of rotatable bonds is 5. The highest BCUT2D eigenvalue weighted by atomic mass is 19.3. The quantitative estimate of drug-likeness (QED) is 0.824. The molecule has 1 unspecified atom stereocenters. The van der Waals surface area contributed by atoms with Crippen LogP contribution in [0.15, 0.2) is 23.2 Å². The lowest BCUT2D eigenvalue weighted by molar-refractivity contribution is 0.0164. The van der Waals surface area contributed by atoms with Crippen molar-refractivity contribution in [1.29, 1.82) is 0 Å². The Kier molecular flexibility index (Phi) is 5.43. The predicted molar refractivity (Wildman–Crippen MR) is 81.2 cm³/mol. The molecular formula is C16H22F2N2. The van der Waals surface area contributed by atoms with Gasteiger partial charge in [-0.25, -0.2) is 13.8 Å². The number of aliphatic imine (C=N–C) groups is 1. The van der Waals surface area contributed by atoms with Crippen molar-refractivity contribution in [2.45, 2.75) is 46.1 Å². The first-order valence-electron chi connectivity index (χ1n) is 6.77. The summed E-state index contributed by atoms with van der Waals surface area (Å²) in [6, 6.07) is 4.98. The molecule has 0 aliphatic carbocycles. The zero-order valence-corrected chi connectivity index (χ0v) is 12.5. The maximum Gasteiger partial charge on any atom is 0.271 e. The Morgan fingerprint density at radius 1 is 1.50 bits per heavy atom. The first kappa shape index (κ1) is 16.3. The van der Waals surface area contributed by atoms with Crippen LogP contribution < -0.4 is 15.8 Å². The molecule has 1 aromatic carbocycles. The summed E-state index contributed by atoms with van der Waals surface area (Å²) in [4.78, 5) is 4.26. The van der Waals surface area contributed by atoms with Crippen molar-refractivity contribution in [3.05, 3.63) is 34.2 Å². The summed E-state index contributed by atoms with van der Waals surface area (Å²) in [5, 5.41) is 4.17. The highest BCUT2D eigenvalue weighted by Crippen LogP contribution is 2.22. The summed E-state index contributed by atoms with van der Waals surface area (Å²) in [6.45, 7) is 10.5. The zero-order chi connectivity index (χ0) is 15.3. The van der Waals surface area contributed by atoms with E-state index >= 15 is 0 Å². The molecule has 0 aliphatic rings. The van der Waals surface area contributed by atoms with Gasteiger partial charge in [-0.3, -0.25) is 0 Å². The number of hydrogen-bond acceptors (Lipinski definition) is 2. The largest absolute Gasteiger partial charge is 0.367 e. The Hall–Kier alpha value is -1.71. The number of benzene rings is 1. The van der Waals surface area contributed by atoms with Crippen LogP contribution in [-0.4, -0.2) is 12.3 Å². The number of hydrogen-bond donors (Lipinski definition) is 1. The molecule has 0 bridgehead atoms. The van der Waals surface area contributed by atoms with Crippen molar-refractivity contribution in [1.82, 2.24) is 5.32 Å². The molecule has 0 radical (unpaired) electrons. The molecule has 1 aromatic rings. The van der Waals surface area contributed by atoms with Gasteiger partial charge in [-0.2, -0.15) is 0 Å². The second kappa shape index (κ2) is 6.64. The fourth-order valence-corrected chi connectivity index (χ4v) is 1.87. The molecule has 0 heterocycles. The van der Waals surface area contributed by atoms with E-state index in [-0.39, 0.29) is 11.6 Å². The van der Waals surface area contributed by atoms with Crippen molar-refractivity contribution in [2.24, 2.45) is 4.99 Å². The second-order valence-electron chi connectivity index (χ2n) is 4.91. The molecule has 0 fully saturated rings. The minimum atomic E-state index is -2.91. The third-order valence-corrected chi connectivity index (χ3v) is 3.16. The smallest absolute Gasteiger partial charge is 0.271 e. The molecule has 20 heavy (non-hydrogen) atoms. The highest BCUT2D eigenvalue weighted by molar-refractivity contribution is 5.62. The SMILES string of the molecule is C=c1c(C(C)(F)F)ccc/c1=C(/N=CC)NC(C)CC. The number of halogens is 2. The van der Waals surface area contributed by atoms with Gasteiger partial charge in [0.2, 0.25) is 0 Å². The Balaban J connectivity index is 3.54. The lowest BCUT2D eigenvalue weighted by atomic mass is 10.1. The van der Waals surface area contributed by atoms with Crippen LogP contribution in [-0.2, 0) is 5.92 Å². The van der Waals surface area contributed by atoms with E-state index in [1.807, 2.05) is 13.8 Å². The van der Waals surface area contributed by atoms with E-state index in [1.54, 1.807) is 25.3 Å². The molecule has 1 rings (SSSR count). The molecule has 4 heteroatoms. The van der Waals surface area contributed by atoms with Gasteiger partial charge in [0.25, 0.3) is 5.92 Å². The summed E-state index contributed by atoms with van der Waals surface area (Å²) < 4.78 is 27.1. The Morgan fingerprint density at radius 3 is 2.65 bits per heavy atom. The molecule has 0 saturated carbocycles. The molecule has 0 amide bonds. The van der Waals surface area contributed by atoms with Crippen LogP contribution >= 0.6 is 0 Å². The summed E-state index contributed by atoms with van der Waals surface area (Å²) in [7, 11) is 0. The van der Waals surface area contributed by atoms with Gasteiger partial charge in [0.15, 0.2) is 0 Å². The van der Waals surface area contributed by atoms with Crippen molar-refractivity contribution in [3.8, 4) is 0 Å². The van der Waals surface area contributed by atoms with E-state index in [1.165, 1.54) is 6.07 Å². The fourth-order valence-electron chi connectivity index (χ4n) is 1.87. The maximum absolute atomic E-state index is 13.6. The van der Waals surface area contributed by atoms with Gasteiger partial charge < -0.3 is 5.32 Å². The van der Waals surface area contributed by atoms with Crippen molar-refractivity contribution in [2.75, 3.05) is 0 Å². The molecular weight excluding hydrogens is 258 g/mol. The monoisotopic (exact) mass is 280 g/mol. The van der Waals surface area contributed by atoms with Crippen LogP contribution in [0.25, 0.3) is 12.4 Å². The molecule has 0 spiro atoms. The van der Waals surface area contributed by atoms with E-state index in [9.17, 15) is 8.78 Å². The normalized spacial score (nSPS) is 15.3. The number of nitrogens with zero attached hydrogens (tertiary/aromatic N) is 1. The average Bonchev–Trinajstić information content (AvgIpc) is 2.37. The molecule has 0 saturated heterocycles. The van der Waals surface area contributed by atoms with E-state index in [2.05, 4.69) is 16.9 Å². The Morgan fingerprint density at radius 2 is 2.15 bits per heavy atom. The summed E-state index contributed by atoms with van der Waals surface area (Å²) in [6.07, 6.45) is 2.56. The average molecular weight is 280 g/mol. The van der Waals surface area contributed by atoms with Crippen LogP contribution in [0.1, 0.15) is 39.7 Å². The van der Waals surface area contributed by atoms with Crippen molar-refractivity contribution >= 4 is 18.6 Å². The van der Waals surface area contributed by atoms with Gasteiger partial charge in [0.1, 0.15) is 5.82 Å². The van der Waals surface area contributed by atoms with E-state index < -0.39 is 5.92 Å². The van der Waals surface area contributed by atoms with Gasteiger partial charge in [0, 0.05) is 30.0 Å². The van der Waals surface area contributed by atoms with Crippen molar-refractivity contribution < 1.29 is 8.78 Å². The third kappa shape index (κ3) is 3.89. The minimum absolute atomic E-state index is 0.0650. The topological polar surface area (TPSA) is 24.4 Å². The fraction of sp³-hybridized carbons (Fsp3) is 0.438. The van der Waals surface area contributed by atoms with E-state index in [4.69, 9.17) is 0 Å². The van der Waals surface area contributed by atoms with Crippen LogP contribution in [0.5, 0.6) is 0 Å². The summed E-state index contributed by atoms with van der Waals surface area (Å²) >= 11 is 0. The Labute approximate surface area is 118 Å². The van der Waals surface area contributed by atoms with Gasteiger partial charge in [-0.1, -0.05) is 31.7 Å². The molecule has 110 valence electrons. The van der Waals surface area contributed by atoms with Crippen LogP contribution in [0.3, 0.4) is 0 Å². The van der Waals surface area contributed by atoms with Gasteiger partial charge in [0.05, 0.1) is 0 Å². The molecule has 1 N–H and O–H groups in total.